The van der Waals surface area contributed by atoms with E-state index in [-0.39, 0.29) is 22.8 Å². The van der Waals surface area contributed by atoms with Crippen LogP contribution in [0, 0.1) is 10.1 Å². The van der Waals surface area contributed by atoms with Crippen molar-refractivity contribution in [1.82, 2.24) is 9.88 Å². The Hall–Kier alpha value is -1.56. The number of aromatic nitrogens is 1. The second-order valence-electron chi connectivity index (χ2n) is 5.03. The summed E-state index contributed by atoms with van der Waals surface area (Å²) in [6.07, 6.45) is 5.13. The molecule has 1 aromatic rings. The van der Waals surface area contributed by atoms with E-state index < -0.39 is 4.92 Å². The summed E-state index contributed by atoms with van der Waals surface area (Å²) >= 11 is 5.96. The summed E-state index contributed by atoms with van der Waals surface area (Å²) in [5, 5.41) is 13.6. The van der Waals surface area contributed by atoms with Gasteiger partial charge in [-0.25, -0.2) is 0 Å². The number of rotatable bonds is 4. The lowest BCUT2D eigenvalue weighted by Gasteiger charge is -2.27. The van der Waals surface area contributed by atoms with Gasteiger partial charge in [0.05, 0.1) is 16.7 Å². The summed E-state index contributed by atoms with van der Waals surface area (Å²) in [7, 11) is 1.62. The number of carbonyl (C=O) groups is 1. The first-order chi connectivity index (χ1) is 8.97. The Bertz CT molecular complexity index is 506. The van der Waals surface area contributed by atoms with Gasteiger partial charge in [-0.05, 0) is 12.8 Å². The van der Waals surface area contributed by atoms with Crippen LogP contribution in [-0.2, 0) is 7.05 Å². The van der Waals surface area contributed by atoms with E-state index in [1.54, 1.807) is 7.05 Å². The summed E-state index contributed by atoms with van der Waals surface area (Å²) < 4.78 is 1.46. The number of hydrogen-bond acceptors (Lipinski definition) is 3. The van der Waals surface area contributed by atoms with Gasteiger partial charge in [0.1, 0.15) is 5.69 Å². The maximum atomic E-state index is 12.2. The number of aryl methyl sites for hydroxylation is 1. The van der Waals surface area contributed by atoms with Crippen LogP contribution in [0.25, 0.3) is 0 Å². The quantitative estimate of drug-likeness (QED) is 0.523. The van der Waals surface area contributed by atoms with Gasteiger partial charge in [-0.3, -0.25) is 14.9 Å². The highest BCUT2D eigenvalue weighted by Crippen LogP contribution is 2.31. The molecule has 0 aliphatic heterocycles. The molecule has 0 aromatic carbocycles. The third kappa shape index (κ3) is 2.73. The topological polar surface area (TPSA) is 77.2 Å². The maximum Gasteiger partial charge on any atom is 0.287 e. The number of nitrogens with one attached hydrogen (secondary N) is 1. The van der Waals surface area contributed by atoms with Crippen LogP contribution in [0.3, 0.4) is 0 Å². The van der Waals surface area contributed by atoms with E-state index in [1.165, 1.54) is 16.8 Å². The SMILES string of the molecule is Cn1cc([N+](=O)[O-])cc1C(=O)NC1(CCl)CCCC1. The molecule has 1 aliphatic rings. The standard InChI is InChI=1S/C12H16ClN3O3/c1-15-7-9(16(18)19)6-10(15)11(17)14-12(8-13)4-2-3-5-12/h6-7H,2-5,8H2,1H3,(H,14,17). The highest BCUT2D eigenvalue weighted by Gasteiger charge is 2.35. The molecular formula is C12H16ClN3O3. The Morgan fingerprint density at radius 3 is 2.68 bits per heavy atom. The Labute approximate surface area is 115 Å². The Balaban J connectivity index is 2.18. The fourth-order valence-corrected chi connectivity index (χ4v) is 2.86. The molecule has 0 unspecified atom stereocenters. The van der Waals surface area contributed by atoms with E-state index in [9.17, 15) is 14.9 Å². The van der Waals surface area contributed by atoms with Crippen LogP contribution in [0.2, 0.25) is 0 Å². The van der Waals surface area contributed by atoms with Crippen molar-refractivity contribution < 1.29 is 9.72 Å². The van der Waals surface area contributed by atoms with Crippen LogP contribution in [0.4, 0.5) is 5.69 Å². The molecule has 1 fully saturated rings. The Morgan fingerprint density at radius 1 is 1.58 bits per heavy atom. The summed E-state index contributed by atoms with van der Waals surface area (Å²) in [4.78, 5) is 22.4. The first-order valence-electron chi connectivity index (χ1n) is 6.17. The molecule has 1 aliphatic carbocycles. The van der Waals surface area contributed by atoms with Crippen molar-refractivity contribution in [1.29, 1.82) is 0 Å². The van der Waals surface area contributed by atoms with Crippen molar-refractivity contribution >= 4 is 23.2 Å². The monoisotopic (exact) mass is 285 g/mol. The average molecular weight is 286 g/mol. The van der Waals surface area contributed by atoms with E-state index in [4.69, 9.17) is 11.6 Å². The van der Waals surface area contributed by atoms with E-state index in [2.05, 4.69) is 5.32 Å². The molecule has 2 rings (SSSR count). The lowest BCUT2D eigenvalue weighted by molar-refractivity contribution is -0.384. The van der Waals surface area contributed by atoms with Crippen LogP contribution in [0.1, 0.15) is 36.2 Å². The fraction of sp³-hybridized carbons (Fsp3) is 0.583. The third-order valence-corrected chi connectivity index (χ3v) is 4.14. The van der Waals surface area contributed by atoms with E-state index in [0.29, 0.717) is 5.88 Å². The number of carbonyl (C=O) groups excluding carboxylic acids is 1. The van der Waals surface area contributed by atoms with Crippen LogP contribution in [-0.4, -0.2) is 26.8 Å². The molecule has 1 amide bonds. The van der Waals surface area contributed by atoms with Gasteiger partial charge in [-0.1, -0.05) is 12.8 Å². The van der Waals surface area contributed by atoms with Gasteiger partial charge in [0.25, 0.3) is 11.6 Å². The first kappa shape index (κ1) is 13.9. The molecule has 0 radical (unpaired) electrons. The molecule has 7 heteroatoms. The van der Waals surface area contributed by atoms with Crippen molar-refractivity contribution in [2.24, 2.45) is 7.05 Å². The third-order valence-electron chi connectivity index (χ3n) is 3.63. The van der Waals surface area contributed by atoms with E-state index in [1.807, 2.05) is 0 Å². The molecule has 0 bridgehead atoms. The number of nitrogens with zero attached hydrogens (tertiary/aromatic N) is 2. The van der Waals surface area contributed by atoms with Gasteiger partial charge in [-0.2, -0.15) is 0 Å². The Morgan fingerprint density at radius 2 is 2.21 bits per heavy atom. The second kappa shape index (κ2) is 5.21. The molecule has 0 saturated heterocycles. The molecule has 1 heterocycles. The highest BCUT2D eigenvalue weighted by atomic mass is 35.5. The van der Waals surface area contributed by atoms with Crippen LogP contribution in [0.15, 0.2) is 12.3 Å². The van der Waals surface area contributed by atoms with Crippen molar-refractivity contribution in [3.63, 3.8) is 0 Å². The normalized spacial score (nSPS) is 17.4. The predicted octanol–water partition coefficient (Wildman–Crippen LogP) is 2.21. The minimum Gasteiger partial charge on any atom is -0.344 e. The minimum atomic E-state index is -0.510. The number of alkyl halides is 1. The predicted molar refractivity (Wildman–Crippen MR) is 71.5 cm³/mol. The van der Waals surface area contributed by atoms with Gasteiger partial charge >= 0.3 is 0 Å². The van der Waals surface area contributed by atoms with Gasteiger partial charge in [-0.15, -0.1) is 11.6 Å². The van der Waals surface area contributed by atoms with Crippen molar-refractivity contribution in [3.8, 4) is 0 Å². The van der Waals surface area contributed by atoms with Crippen LogP contribution < -0.4 is 5.32 Å². The number of hydrogen-bond donors (Lipinski definition) is 1. The highest BCUT2D eigenvalue weighted by molar-refractivity contribution is 6.19. The summed E-state index contributed by atoms with van der Waals surface area (Å²) in [5.41, 5.74) is -0.167. The zero-order chi connectivity index (χ0) is 14.0. The summed E-state index contributed by atoms with van der Waals surface area (Å²) in [6, 6.07) is 1.28. The first-order valence-corrected chi connectivity index (χ1v) is 6.70. The molecule has 1 aromatic heterocycles. The van der Waals surface area contributed by atoms with Crippen molar-refractivity contribution in [3.05, 3.63) is 28.1 Å². The molecule has 1 saturated carbocycles. The molecule has 6 nitrogen and oxygen atoms in total. The van der Waals surface area contributed by atoms with Gasteiger partial charge in [0.2, 0.25) is 0 Å². The van der Waals surface area contributed by atoms with Gasteiger partial charge < -0.3 is 9.88 Å². The number of halogens is 1. The Kier molecular flexibility index (Phi) is 3.80. The largest absolute Gasteiger partial charge is 0.344 e. The molecule has 0 spiro atoms. The number of amides is 1. The summed E-state index contributed by atoms with van der Waals surface area (Å²) in [5.74, 6) is 0.0591. The smallest absolute Gasteiger partial charge is 0.287 e. The van der Waals surface area contributed by atoms with Crippen LogP contribution in [0.5, 0.6) is 0 Å². The molecule has 104 valence electrons. The summed E-state index contributed by atoms with van der Waals surface area (Å²) in [6.45, 7) is 0. The van der Waals surface area contributed by atoms with Gasteiger partial charge in [0.15, 0.2) is 0 Å². The molecule has 1 N–H and O–H groups in total. The van der Waals surface area contributed by atoms with Crippen LogP contribution >= 0.6 is 11.6 Å². The average Bonchev–Trinajstić information content (AvgIpc) is 2.96. The zero-order valence-corrected chi connectivity index (χ0v) is 11.4. The lowest BCUT2D eigenvalue weighted by atomic mass is 10.0. The maximum absolute atomic E-state index is 12.2. The molecular weight excluding hydrogens is 270 g/mol. The number of nitro groups is 1. The van der Waals surface area contributed by atoms with E-state index in [0.717, 1.165) is 25.7 Å². The fourth-order valence-electron chi connectivity index (χ4n) is 2.52. The second-order valence-corrected chi connectivity index (χ2v) is 5.29. The minimum absolute atomic E-state index is 0.0843. The van der Waals surface area contributed by atoms with E-state index >= 15 is 0 Å². The molecule has 0 atom stereocenters. The van der Waals surface area contributed by atoms with Crippen molar-refractivity contribution in [2.75, 3.05) is 5.88 Å². The molecule has 19 heavy (non-hydrogen) atoms. The van der Waals surface area contributed by atoms with Gasteiger partial charge in [0, 0.05) is 19.0 Å². The lowest BCUT2D eigenvalue weighted by Crippen LogP contribution is -2.48. The van der Waals surface area contributed by atoms with Crippen molar-refractivity contribution in [2.45, 2.75) is 31.2 Å². The zero-order valence-electron chi connectivity index (χ0n) is 10.7.